The van der Waals surface area contributed by atoms with Gasteiger partial charge in [-0.1, -0.05) is 129 Å². The second kappa shape index (κ2) is 29.3. The molecule has 0 bridgehead atoms. The van der Waals surface area contributed by atoms with Gasteiger partial charge in [0.05, 0.1) is 0 Å². The fourth-order valence-electron chi connectivity index (χ4n) is 3.20. The summed E-state index contributed by atoms with van der Waals surface area (Å²) < 4.78 is 0. The van der Waals surface area contributed by atoms with Crippen LogP contribution in [0.4, 0.5) is 0 Å². The van der Waals surface area contributed by atoms with Crippen LogP contribution in [0.2, 0.25) is 0 Å². The van der Waals surface area contributed by atoms with Crippen LogP contribution in [0.25, 0.3) is 0 Å². The molecule has 0 spiro atoms. The molecule has 0 heterocycles. The summed E-state index contributed by atoms with van der Waals surface area (Å²) in [6.45, 7) is 12.0. The minimum absolute atomic E-state index is 1.20. The lowest BCUT2D eigenvalue weighted by atomic mass is 10.1. The van der Waals surface area contributed by atoms with Gasteiger partial charge >= 0.3 is 0 Å². The Balaban J connectivity index is 0. The van der Waals surface area contributed by atoms with Crippen molar-refractivity contribution in [2.45, 2.75) is 142 Å². The summed E-state index contributed by atoms with van der Waals surface area (Å²) >= 11 is 0. The van der Waals surface area contributed by atoms with Gasteiger partial charge in [-0.15, -0.1) is 13.2 Å². The largest absolute Gasteiger partial charge is 0.103 e. The number of hydrogen-bond donors (Lipinski definition) is 0. The van der Waals surface area contributed by atoms with Crippen molar-refractivity contribution < 1.29 is 0 Å². The van der Waals surface area contributed by atoms with E-state index in [-0.39, 0.29) is 0 Å². The van der Waals surface area contributed by atoms with Gasteiger partial charge in [-0.25, -0.2) is 0 Å². The minimum Gasteiger partial charge on any atom is -0.103 e. The molecule has 26 heavy (non-hydrogen) atoms. The molecule has 0 saturated heterocycles. The average Bonchev–Trinajstić information content (AvgIpc) is 2.66. The summed E-state index contributed by atoms with van der Waals surface area (Å²) in [7, 11) is 0. The Kier molecular flexibility index (Phi) is 31.2. The molecular formula is C26H52. The third-order valence-corrected chi connectivity index (χ3v) is 5.02. The van der Waals surface area contributed by atoms with Crippen LogP contribution in [0, 0.1) is 0 Å². The molecule has 0 rings (SSSR count). The van der Waals surface area contributed by atoms with E-state index in [9.17, 15) is 0 Å². The standard InChI is InChI=1S/C14H28.C12H24/c1-3-5-7-9-11-13-14-12-10-8-6-4-2;1-3-5-7-9-11-12-10-8-6-4-2/h3H,1,4-14H2,2H3;3H,1,4-12H2,2H3. The van der Waals surface area contributed by atoms with E-state index in [2.05, 4.69) is 27.0 Å². The fraction of sp³-hybridized carbons (Fsp3) is 0.846. The highest BCUT2D eigenvalue weighted by Crippen LogP contribution is 2.11. The maximum absolute atomic E-state index is 3.74. The number of rotatable bonds is 20. The lowest BCUT2D eigenvalue weighted by Crippen LogP contribution is -1.81. The Labute approximate surface area is 167 Å². The second-order valence-corrected chi connectivity index (χ2v) is 7.81. The van der Waals surface area contributed by atoms with Gasteiger partial charge in [0.2, 0.25) is 0 Å². The number of allylic oxidation sites excluding steroid dienone is 2. The normalized spacial score (nSPS) is 10.2. The molecule has 0 aromatic heterocycles. The molecule has 0 aliphatic rings. The molecule has 0 unspecified atom stereocenters. The van der Waals surface area contributed by atoms with E-state index in [1.165, 1.54) is 128 Å². The van der Waals surface area contributed by atoms with Gasteiger partial charge in [0, 0.05) is 0 Å². The quantitative estimate of drug-likeness (QED) is 0.149. The first-order chi connectivity index (χ1) is 12.8. The van der Waals surface area contributed by atoms with Gasteiger partial charge in [-0.05, 0) is 25.7 Å². The van der Waals surface area contributed by atoms with E-state index in [0.717, 1.165) is 0 Å². The zero-order chi connectivity index (χ0) is 19.6. The van der Waals surface area contributed by atoms with E-state index in [0.29, 0.717) is 0 Å². The van der Waals surface area contributed by atoms with Gasteiger partial charge in [0.1, 0.15) is 0 Å². The van der Waals surface area contributed by atoms with Gasteiger partial charge in [0.25, 0.3) is 0 Å². The topological polar surface area (TPSA) is 0 Å². The van der Waals surface area contributed by atoms with Gasteiger partial charge < -0.3 is 0 Å². The molecule has 156 valence electrons. The lowest BCUT2D eigenvalue weighted by molar-refractivity contribution is 0.558. The predicted octanol–water partition coefficient (Wildman–Crippen LogP) is 10.2. The second-order valence-electron chi connectivity index (χ2n) is 7.81. The highest BCUT2D eigenvalue weighted by Gasteiger charge is 1.91. The van der Waals surface area contributed by atoms with Gasteiger partial charge in [0.15, 0.2) is 0 Å². The highest BCUT2D eigenvalue weighted by molar-refractivity contribution is 4.65. The van der Waals surface area contributed by atoms with E-state index < -0.39 is 0 Å². The first-order valence-corrected chi connectivity index (χ1v) is 12.0. The minimum atomic E-state index is 1.20. The predicted molar refractivity (Wildman–Crippen MR) is 124 cm³/mol. The Morgan fingerprint density at radius 1 is 0.385 bits per heavy atom. The summed E-state index contributed by atoms with van der Waals surface area (Å²) in [5.74, 6) is 0. The maximum Gasteiger partial charge on any atom is -0.0353 e. The molecule has 0 aliphatic heterocycles. The van der Waals surface area contributed by atoms with Crippen LogP contribution >= 0.6 is 0 Å². The fourth-order valence-corrected chi connectivity index (χ4v) is 3.20. The summed E-state index contributed by atoms with van der Waals surface area (Å²) in [4.78, 5) is 0. The summed E-state index contributed by atoms with van der Waals surface area (Å²) in [6, 6.07) is 0. The monoisotopic (exact) mass is 364 g/mol. The van der Waals surface area contributed by atoms with Crippen molar-refractivity contribution in [1.82, 2.24) is 0 Å². The van der Waals surface area contributed by atoms with E-state index >= 15 is 0 Å². The van der Waals surface area contributed by atoms with Crippen LogP contribution < -0.4 is 0 Å². The highest BCUT2D eigenvalue weighted by atomic mass is 14.0. The van der Waals surface area contributed by atoms with Gasteiger partial charge in [-0.3, -0.25) is 0 Å². The zero-order valence-electron chi connectivity index (χ0n) is 18.7. The van der Waals surface area contributed by atoms with Crippen molar-refractivity contribution in [3.8, 4) is 0 Å². The number of hydrogen-bond acceptors (Lipinski definition) is 0. The summed E-state index contributed by atoms with van der Waals surface area (Å²) in [6.07, 6.45) is 32.0. The van der Waals surface area contributed by atoms with Crippen LogP contribution in [0.15, 0.2) is 25.3 Å². The van der Waals surface area contributed by atoms with Crippen molar-refractivity contribution in [2.24, 2.45) is 0 Å². The van der Waals surface area contributed by atoms with Gasteiger partial charge in [-0.2, -0.15) is 0 Å². The number of unbranched alkanes of at least 4 members (excludes halogenated alkanes) is 18. The van der Waals surface area contributed by atoms with Crippen molar-refractivity contribution in [3.63, 3.8) is 0 Å². The molecule has 0 aromatic rings. The molecule has 0 saturated carbocycles. The molecule has 0 fully saturated rings. The van der Waals surface area contributed by atoms with E-state index in [1.807, 2.05) is 12.2 Å². The zero-order valence-corrected chi connectivity index (χ0v) is 18.7. The van der Waals surface area contributed by atoms with Crippen LogP contribution in [0.5, 0.6) is 0 Å². The first kappa shape index (κ1) is 27.7. The summed E-state index contributed by atoms with van der Waals surface area (Å²) in [5, 5.41) is 0. The third-order valence-electron chi connectivity index (χ3n) is 5.02. The SMILES string of the molecule is C=CCCCCCCCCCC.C=CCCCCCCCCCCCC. The maximum atomic E-state index is 3.74. The Hall–Kier alpha value is -0.520. The van der Waals surface area contributed by atoms with E-state index in [4.69, 9.17) is 0 Å². The lowest BCUT2D eigenvalue weighted by Gasteiger charge is -2.00. The van der Waals surface area contributed by atoms with Crippen LogP contribution in [0.1, 0.15) is 142 Å². The molecule has 0 aliphatic carbocycles. The molecule has 0 atom stereocenters. The van der Waals surface area contributed by atoms with Crippen LogP contribution in [-0.2, 0) is 0 Å². The Morgan fingerprint density at radius 3 is 0.846 bits per heavy atom. The molecule has 0 radical (unpaired) electrons. The molecule has 0 nitrogen and oxygen atoms in total. The summed E-state index contributed by atoms with van der Waals surface area (Å²) in [5.41, 5.74) is 0. The Bertz CT molecular complexity index is 240. The Morgan fingerprint density at radius 2 is 0.615 bits per heavy atom. The smallest absolute Gasteiger partial charge is 0.0353 e. The third kappa shape index (κ3) is 31.3. The molecular weight excluding hydrogens is 312 g/mol. The van der Waals surface area contributed by atoms with E-state index in [1.54, 1.807) is 0 Å². The molecule has 0 amide bonds. The van der Waals surface area contributed by atoms with Crippen molar-refractivity contribution in [3.05, 3.63) is 25.3 Å². The average molecular weight is 365 g/mol. The molecule has 0 N–H and O–H groups in total. The molecule has 0 aromatic carbocycles. The first-order valence-electron chi connectivity index (χ1n) is 12.0. The van der Waals surface area contributed by atoms with Crippen molar-refractivity contribution in [2.75, 3.05) is 0 Å². The van der Waals surface area contributed by atoms with Crippen LogP contribution in [0.3, 0.4) is 0 Å². The van der Waals surface area contributed by atoms with Crippen molar-refractivity contribution in [1.29, 1.82) is 0 Å². The van der Waals surface area contributed by atoms with Crippen LogP contribution in [-0.4, -0.2) is 0 Å². The molecule has 0 heteroatoms. The van der Waals surface area contributed by atoms with Crippen molar-refractivity contribution >= 4 is 0 Å².